The van der Waals surface area contributed by atoms with Crippen LogP contribution >= 0.6 is 0 Å². The number of rotatable bonds is 3. The molecule has 0 aliphatic rings. The van der Waals surface area contributed by atoms with Gasteiger partial charge in [-0.25, -0.2) is 0 Å². The molecule has 0 aliphatic carbocycles. The van der Waals surface area contributed by atoms with Gasteiger partial charge in [-0.05, 0) is 47.1 Å². The van der Waals surface area contributed by atoms with Crippen LogP contribution in [0.3, 0.4) is 0 Å². The van der Waals surface area contributed by atoms with Crippen molar-refractivity contribution in [1.29, 1.82) is 0 Å². The van der Waals surface area contributed by atoms with Gasteiger partial charge in [0.2, 0.25) is 0 Å². The summed E-state index contributed by atoms with van der Waals surface area (Å²) in [6, 6.07) is 12.2. The smallest absolute Gasteiger partial charge is 0.291 e. The number of ether oxygens (including phenoxy) is 1. The van der Waals surface area contributed by atoms with Crippen LogP contribution < -0.4 is 4.74 Å². The van der Waals surface area contributed by atoms with E-state index >= 15 is 0 Å². The lowest BCUT2D eigenvalue weighted by Gasteiger charge is -2.25. The maximum Gasteiger partial charge on any atom is 0.291 e. The second-order valence-electron chi connectivity index (χ2n) is 9.14. The van der Waals surface area contributed by atoms with E-state index in [0.29, 0.717) is 6.61 Å². The molecule has 0 aliphatic heterocycles. The maximum absolute atomic E-state index is 10.6. The van der Waals surface area contributed by atoms with Crippen LogP contribution in [0.15, 0.2) is 40.8 Å². The third kappa shape index (κ3) is 3.69. The summed E-state index contributed by atoms with van der Waals surface area (Å²) in [5.41, 5.74) is 4.66. The molecule has 2 aromatic carbocycles. The van der Waals surface area contributed by atoms with Gasteiger partial charge in [-0.1, -0.05) is 59.7 Å². The Morgan fingerprint density at radius 3 is 2.07 bits per heavy atom. The molecule has 3 nitrogen and oxygen atoms in total. The molecule has 0 atom stereocenters. The van der Waals surface area contributed by atoms with Gasteiger partial charge in [-0.2, -0.15) is 0 Å². The zero-order valence-electron chi connectivity index (χ0n) is 17.4. The fourth-order valence-electron chi connectivity index (χ4n) is 3.34. The van der Waals surface area contributed by atoms with Crippen LogP contribution in [0.25, 0.3) is 22.1 Å². The van der Waals surface area contributed by atoms with E-state index in [-0.39, 0.29) is 16.8 Å². The summed E-state index contributed by atoms with van der Waals surface area (Å²) in [4.78, 5) is 0. The highest BCUT2D eigenvalue weighted by atomic mass is 16.5. The van der Waals surface area contributed by atoms with E-state index in [1.54, 1.807) is 0 Å². The Morgan fingerprint density at radius 1 is 0.926 bits per heavy atom. The van der Waals surface area contributed by atoms with Gasteiger partial charge >= 0.3 is 0 Å². The highest BCUT2D eigenvalue weighted by Gasteiger charge is 2.27. The average Bonchev–Trinajstić information content (AvgIpc) is 2.89. The summed E-state index contributed by atoms with van der Waals surface area (Å²) in [7, 11) is 0. The molecule has 1 heterocycles. The largest absolute Gasteiger partial charge is 0.494 e. The molecule has 0 unspecified atom stereocenters. The second kappa shape index (κ2) is 6.63. The van der Waals surface area contributed by atoms with E-state index < -0.39 is 0 Å². The van der Waals surface area contributed by atoms with Crippen molar-refractivity contribution in [2.45, 2.75) is 59.3 Å². The quantitative estimate of drug-likeness (QED) is 0.554. The van der Waals surface area contributed by atoms with E-state index in [9.17, 15) is 5.11 Å². The van der Waals surface area contributed by atoms with Gasteiger partial charge in [0.15, 0.2) is 0 Å². The fourth-order valence-corrected chi connectivity index (χ4v) is 3.34. The average molecular weight is 367 g/mol. The zero-order valence-corrected chi connectivity index (χ0v) is 17.4. The minimum absolute atomic E-state index is 0.00281. The highest BCUT2D eigenvalue weighted by Crippen LogP contribution is 2.45. The molecule has 0 radical (unpaired) electrons. The Labute approximate surface area is 162 Å². The minimum atomic E-state index is -0.0973. The molecule has 27 heavy (non-hydrogen) atoms. The summed E-state index contributed by atoms with van der Waals surface area (Å²) in [5, 5.41) is 11.6. The van der Waals surface area contributed by atoms with Crippen LogP contribution in [0.4, 0.5) is 0 Å². The van der Waals surface area contributed by atoms with Crippen molar-refractivity contribution in [3.63, 3.8) is 0 Å². The van der Waals surface area contributed by atoms with Crippen molar-refractivity contribution in [2.24, 2.45) is 0 Å². The van der Waals surface area contributed by atoms with Gasteiger partial charge in [0, 0.05) is 10.9 Å². The first-order chi connectivity index (χ1) is 12.5. The van der Waals surface area contributed by atoms with Crippen LogP contribution in [-0.2, 0) is 10.8 Å². The van der Waals surface area contributed by atoms with Gasteiger partial charge in [0.05, 0.1) is 12.2 Å². The lowest BCUT2D eigenvalue weighted by Crippen LogP contribution is -2.16. The minimum Gasteiger partial charge on any atom is -0.494 e. The van der Waals surface area contributed by atoms with Gasteiger partial charge < -0.3 is 14.3 Å². The second-order valence-corrected chi connectivity index (χ2v) is 9.14. The SMILES string of the molecule is CCOc1ccc(-c2c(O)oc3c(C(C)(C)C)cc(C(C)(C)C)cc23)cc1. The molecule has 3 aromatic rings. The van der Waals surface area contributed by atoms with E-state index in [1.165, 1.54) is 5.56 Å². The number of hydrogen-bond acceptors (Lipinski definition) is 3. The fraction of sp³-hybridized carbons (Fsp3) is 0.417. The van der Waals surface area contributed by atoms with E-state index in [0.717, 1.165) is 33.4 Å². The lowest BCUT2D eigenvalue weighted by molar-refractivity contribution is 0.340. The predicted molar refractivity (Wildman–Crippen MR) is 112 cm³/mol. The first-order valence-corrected chi connectivity index (χ1v) is 9.56. The third-order valence-corrected chi connectivity index (χ3v) is 4.90. The van der Waals surface area contributed by atoms with Gasteiger partial charge in [-0.3, -0.25) is 0 Å². The maximum atomic E-state index is 10.6. The molecule has 144 valence electrons. The number of hydrogen-bond donors (Lipinski definition) is 1. The monoisotopic (exact) mass is 366 g/mol. The molecule has 0 saturated heterocycles. The molecule has 0 bridgehead atoms. The van der Waals surface area contributed by atoms with Crippen molar-refractivity contribution in [2.75, 3.05) is 6.61 Å². The summed E-state index contributed by atoms with van der Waals surface area (Å²) < 4.78 is 11.4. The summed E-state index contributed by atoms with van der Waals surface area (Å²) in [6.07, 6.45) is 0. The van der Waals surface area contributed by atoms with Crippen molar-refractivity contribution in [3.05, 3.63) is 47.5 Å². The summed E-state index contributed by atoms with van der Waals surface area (Å²) >= 11 is 0. The molecule has 0 spiro atoms. The first kappa shape index (κ1) is 19.3. The Hall–Kier alpha value is -2.42. The molecular formula is C24H30O3. The Bertz CT molecular complexity index is 948. The van der Waals surface area contributed by atoms with E-state index in [4.69, 9.17) is 9.15 Å². The summed E-state index contributed by atoms with van der Waals surface area (Å²) in [5.74, 6) is 0.782. The molecule has 0 amide bonds. The molecular weight excluding hydrogens is 336 g/mol. The van der Waals surface area contributed by atoms with Gasteiger partial charge in [-0.15, -0.1) is 0 Å². The molecule has 1 aromatic heterocycles. The predicted octanol–water partition coefficient (Wildman–Crippen LogP) is 6.80. The lowest BCUT2D eigenvalue weighted by atomic mass is 9.79. The Morgan fingerprint density at radius 2 is 1.56 bits per heavy atom. The number of furan rings is 1. The van der Waals surface area contributed by atoms with E-state index in [2.05, 4.69) is 53.7 Å². The van der Waals surface area contributed by atoms with Crippen molar-refractivity contribution < 1.29 is 14.3 Å². The third-order valence-electron chi connectivity index (χ3n) is 4.90. The van der Waals surface area contributed by atoms with Crippen molar-refractivity contribution in [3.8, 4) is 22.8 Å². The number of aromatic hydroxyl groups is 1. The topological polar surface area (TPSA) is 42.6 Å². The normalized spacial score (nSPS) is 12.6. The van der Waals surface area contributed by atoms with Gasteiger partial charge in [0.25, 0.3) is 5.95 Å². The molecule has 3 rings (SSSR count). The molecule has 1 N–H and O–H groups in total. The Kier molecular flexibility index (Phi) is 4.75. The van der Waals surface area contributed by atoms with Crippen LogP contribution in [0.1, 0.15) is 59.6 Å². The van der Waals surface area contributed by atoms with Crippen LogP contribution in [-0.4, -0.2) is 11.7 Å². The van der Waals surface area contributed by atoms with Crippen molar-refractivity contribution >= 4 is 11.0 Å². The first-order valence-electron chi connectivity index (χ1n) is 9.56. The summed E-state index contributed by atoms with van der Waals surface area (Å²) in [6.45, 7) is 15.7. The van der Waals surface area contributed by atoms with Gasteiger partial charge in [0.1, 0.15) is 11.3 Å². The molecule has 0 fully saturated rings. The number of benzene rings is 2. The molecule has 0 saturated carbocycles. The molecule has 3 heteroatoms. The zero-order chi connectivity index (χ0) is 20.0. The standard InChI is InChI=1S/C24H30O3/c1-8-26-17-11-9-15(10-12-17)20-18-13-16(23(2,3)4)14-19(24(5,6)7)21(18)27-22(20)25/h9-14,25H,8H2,1-7H3. The Balaban J connectivity index is 2.29. The van der Waals surface area contributed by atoms with Crippen LogP contribution in [0.2, 0.25) is 0 Å². The highest BCUT2D eigenvalue weighted by molar-refractivity contribution is 5.99. The van der Waals surface area contributed by atoms with Crippen LogP contribution in [0, 0.1) is 0 Å². The van der Waals surface area contributed by atoms with Crippen molar-refractivity contribution in [1.82, 2.24) is 0 Å². The van der Waals surface area contributed by atoms with Crippen LogP contribution in [0.5, 0.6) is 11.7 Å². The number of fused-ring (bicyclic) bond motifs is 1. The van der Waals surface area contributed by atoms with E-state index in [1.807, 2.05) is 31.2 Å².